The summed E-state index contributed by atoms with van der Waals surface area (Å²) in [5.74, 6) is 0. The van der Waals surface area contributed by atoms with Crippen LogP contribution in [0.4, 0.5) is 0 Å². The molecule has 0 aliphatic heterocycles. The minimum absolute atomic E-state index is 0. The van der Waals surface area contributed by atoms with Crippen molar-refractivity contribution in [3.8, 4) is 0 Å². The zero-order valence-electron chi connectivity index (χ0n) is 13.9. The van der Waals surface area contributed by atoms with E-state index in [1.54, 1.807) is 0 Å². The normalized spacial score (nSPS) is 11.0. The maximum Gasteiger partial charge on any atom is 3.00 e. The molecule has 1 radical (unpaired) electrons. The van der Waals surface area contributed by atoms with Gasteiger partial charge in [-0.05, 0) is 46.2 Å². The van der Waals surface area contributed by atoms with Gasteiger partial charge in [-0.15, -0.1) is 0 Å². The van der Waals surface area contributed by atoms with Gasteiger partial charge in [-0.25, -0.2) is 0 Å². The third-order valence-corrected chi connectivity index (χ3v) is 3.09. The largest absolute Gasteiger partial charge is 3.00 e. The van der Waals surface area contributed by atoms with Gasteiger partial charge >= 0.3 is 19.5 Å². The zero-order valence-corrected chi connectivity index (χ0v) is 15.6. The van der Waals surface area contributed by atoms with Crippen LogP contribution < -0.4 is 0 Å². The second kappa shape index (κ2) is 8.39. The Balaban J connectivity index is 0.000000364. The summed E-state index contributed by atoms with van der Waals surface area (Å²) in [6.45, 7) is 13.2. The molecule has 2 rings (SSSR count). The van der Waals surface area contributed by atoms with Gasteiger partial charge in [0.15, 0.2) is 0 Å². The van der Waals surface area contributed by atoms with E-state index < -0.39 is 0 Å². The van der Waals surface area contributed by atoms with Crippen LogP contribution in [-0.2, 0) is 30.3 Å². The molecule has 0 aliphatic rings. The van der Waals surface area contributed by atoms with Gasteiger partial charge in [0.25, 0.3) is 0 Å². The van der Waals surface area contributed by atoms with E-state index >= 15 is 0 Å². The molecule has 2 nitrogen and oxygen atoms in total. The van der Waals surface area contributed by atoms with Gasteiger partial charge in [-0.3, -0.25) is 9.97 Å². The summed E-state index contributed by atoms with van der Waals surface area (Å²) in [5, 5.41) is 0. The fraction of sp³-hybridized carbons (Fsp3) is 0.444. The molecule has 0 N–H and O–H groups in total. The van der Waals surface area contributed by atoms with E-state index in [0.717, 1.165) is 0 Å². The quantitative estimate of drug-likeness (QED) is 0.624. The summed E-state index contributed by atoms with van der Waals surface area (Å²) >= 11 is 0. The number of nitrogens with zero attached hydrogens (tertiary/aromatic N) is 2. The molecule has 0 aliphatic carbocycles. The third kappa shape index (κ3) is 7.48. The predicted molar refractivity (Wildman–Crippen MR) is 85.9 cm³/mol. The van der Waals surface area contributed by atoms with Crippen molar-refractivity contribution in [1.29, 1.82) is 0 Å². The van der Waals surface area contributed by atoms with Crippen LogP contribution in [0.2, 0.25) is 0 Å². The number of aromatic nitrogens is 2. The summed E-state index contributed by atoms with van der Waals surface area (Å²) in [7, 11) is 0. The fourth-order valence-electron chi connectivity index (χ4n) is 1.70. The number of rotatable bonds is 0. The Morgan fingerprint density at radius 1 is 0.571 bits per heavy atom. The molecule has 0 unspecified atom stereocenters. The molecule has 2 aromatic heterocycles. The van der Waals surface area contributed by atoms with Crippen LogP contribution in [0.3, 0.4) is 0 Å². The molecule has 0 spiro atoms. The number of hydrogen-bond donors (Lipinski definition) is 0. The molecule has 2 aromatic rings. The summed E-state index contributed by atoms with van der Waals surface area (Å²) < 4.78 is 0. The molecule has 0 saturated carbocycles. The maximum absolute atomic E-state index is 3.96. The van der Waals surface area contributed by atoms with Crippen molar-refractivity contribution in [1.82, 2.24) is 9.97 Å². The molecule has 21 heavy (non-hydrogen) atoms. The van der Waals surface area contributed by atoms with Gasteiger partial charge in [-0.2, -0.15) is 0 Å². The van der Waals surface area contributed by atoms with Crippen molar-refractivity contribution in [2.75, 3.05) is 0 Å². The first-order chi connectivity index (χ1) is 9.21. The SMILES string of the molecule is CC(C)(C)c1ccncc1.CC(C)(C)c1ccncc1.[Ru+3]. The summed E-state index contributed by atoms with van der Waals surface area (Å²) in [6, 6.07) is 8.22. The van der Waals surface area contributed by atoms with Crippen molar-refractivity contribution in [2.45, 2.75) is 52.4 Å². The minimum Gasteiger partial charge on any atom is -0.265 e. The van der Waals surface area contributed by atoms with Crippen LogP contribution >= 0.6 is 0 Å². The van der Waals surface area contributed by atoms with Crippen molar-refractivity contribution in [2.24, 2.45) is 0 Å². The number of hydrogen-bond acceptors (Lipinski definition) is 2. The predicted octanol–water partition coefficient (Wildman–Crippen LogP) is 4.76. The van der Waals surface area contributed by atoms with Crippen molar-refractivity contribution in [3.05, 3.63) is 60.2 Å². The Hall–Kier alpha value is -1.08. The van der Waals surface area contributed by atoms with E-state index in [0.29, 0.717) is 0 Å². The van der Waals surface area contributed by atoms with Crippen LogP contribution in [0.15, 0.2) is 49.1 Å². The van der Waals surface area contributed by atoms with E-state index in [1.807, 2.05) is 24.8 Å². The first-order valence-corrected chi connectivity index (χ1v) is 7.02. The Labute approximate surface area is 142 Å². The van der Waals surface area contributed by atoms with Crippen LogP contribution in [0.5, 0.6) is 0 Å². The van der Waals surface area contributed by atoms with Crippen LogP contribution in [0.1, 0.15) is 52.7 Å². The first-order valence-electron chi connectivity index (χ1n) is 7.02. The van der Waals surface area contributed by atoms with Gasteiger partial charge in [0, 0.05) is 24.8 Å². The van der Waals surface area contributed by atoms with Gasteiger partial charge < -0.3 is 0 Å². The van der Waals surface area contributed by atoms with Crippen molar-refractivity contribution >= 4 is 0 Å². The molecule has 0 bridgehead atoms. The van der Waals surface area contributed by atoms with Crippen LogP contribution in [-0.4, -0.2) is 9.97 Å². The average molecular weight is 371 g/mol. The number of pyridine rings is 2. The summed E-state index contributed by atoms with van der Waals surface area (Å²) in [5.41, 5.74) is 3.18. The Morgan fingerprint density at radius 2 is 0.810 bits per heavy atom. The molecule has 2 heterocycles. The zero-order chi connectivity index (χ0) is 15.2. The van der Waals surface area contributed by atoms with E-state index in [2.05, 4.69) is 75.8 Å². The first kappa shape index (κ1) is 19.9. The Kier molecular flexibility index (Phi) is 7.96. The van der Waals surface area contributed by atoms with Gasteiger partial charge in [0.2, 0.25) is 0 Å². The smallest absolute Gasteiger partial charge is 0.265 e. The molecule has 0 fully saturated rings. The molecule has 0 saturated heterocycles. The van der Waals surface area contributed by atoms with Gasteiger partial charge in [0.05, 0.1) is 0 Å². The van der Waals surface area contributed by atoms with E-state index in [9.17, 15) is 0 Å². The maximum atomic E-state index is 3.96. The average Bonchev–Trinajstić information content (AvgIpc) is 2.40. The Morgan fingerprint density at radius 3 is 0.952 bits per heavy atom. The molecular weight excluding hydrogens is 345 g/mol. The molecule has 113 valence electrons. The Bertz CT molecular complexity index is 447. The van der Waals surface area contributed by atoms with E-state index in [4.69, 9.17) is 0 Å². The van der Waals surface area contributed by atoms with Crippen molar-refractivity contribution in [3.63, 3.8) is 0 Å². The monoisotopic (exact) mass is 372 g/mol. The molecule has 0 amide bonds. The fourth-order valence-corrected chi connectivity index (χ4v) is 1.70. The standard InChI is InChI=1S/2C9H13N.Ru/c2*1-9(2,3)8-4-6-10-7-5-8;/h2*4-7H,1-3H3;/q;;+3. The molecule has 3 heteroatoms. The van der Waals surface area contributed by atoms with Gasteiger partial charge in [-0.1, -0.05) is 41.5 Å². The van der Waals surface area contributed by atoms with Crippen molar-refractivity contribution < 1.29 is 19.5 Å². The topological polar surface area (TPSA) is 25.8 Å². The molecule has 0 aromatic carbocycles. The van der Waals surface area contributed by atoms with E-state index in [1.165, 1.54) is 11.1 Å². The van der Waals surface area contributed by atoms with Crippen LogP contribution in [0.25, 0.3) is 0 Å². The van der Waals surface area contributed by atoms with Gasteiger partial charge in [0.1, 0.15) is 0 Å². The summed E-state index contributed by atoms with van der Waals surface area (Å²) in [6.07, 6.45) is 7.34. The minimum atomic E-state index is 0. The second-order valence-electron chi connectivity index (χ2n) is 6.97. The van der Waals surface area contributed by atoms with Crippen LogP contribution in [0, 0.1) is 0 Å². The summed E-state index contributed by atoms with van der Waals surface area (Å²) in [4.78, 5) is 7.92. The molecular formula is C18H26N2Ru+3. The molecule has 0 atom stereocenters. The second-order valence-corrected chi connectivity index (χ2v) is 6.97. The van der Waals surface area contributed by atoms with E-state index in [-0.39, 0.29) is 30.3 Å². The third-order valence-electron chi connectivity index (χ3n) is 3.09.